The minimum Gasteiger partial charge on any atom is -1.00 e. The van der Waals surface area contributed by atoms with Gasteiger partial charge in [-0.25, -0.2) is 4.57 Å². The molecule has 142 valence electrons. The number of rotatable bonds is 17. The maximum Gasteiger partial charge on any atom is 1.00 e. The normalized spacial score (nSPS) is 12.8. The first kappa shape index (κ1) is 28.0. The van der Waals surface area contributed by atoms with E-state index in [4.69, 9.17) is 14.3 Å². The second kappa shape index (κ2) is 19.5. The van der Waals surface area contributed by atoms with E-state index in [1.54, 1.807) is 0 Å². The van der Waals surface area contributed by atoms with Crippen molar-refractivity contribution in [3.8, 4) is 0 Å². The smallest absolute Gasteiger partial charge is 1.00 e. The summed E-state index contributed by atoms with van der Waals surface area (Å²) in [4.78, 5) is 17.8. The molecule has 0 bridgehead atoms. The molecule has 0 saturated heterocycles. The Balaban J connectivity index is -0.00000242. The van der Waals surface area contributed by atoms with Crippen molar-refractivity contribution in [1.82, 2.24) is 0 Å². The molecule has 0 aromatic heterocycles. The average Bonchev–Trinajstić information content (AvgIpc) is 2.50. The van der Waals surface area contributed by atoms with Crippen LogP contribution >= 0.6 is 7.82 Å². The molecule has 0 aromatic rings. The van der Waals surface area contributed by atoms with E-state index in [-0.39, 0.29) is 59.4 Å². The summed E-state index contributed by atoms with van der Waals surface area (Å²) in [5.74, 6) is 0.291. The molecule has 0 amide bonds. The van der Waals surface area contributed by atoms with Crippen LogP contribution in [-0.2, 0) is 9.09 Å². The molecule has 0 spiro atoms. The third-order valence-corrected chi connectivity index (χ3v) is 4.90. The van der Waals surface area contributed by atoms with E-state index in [2.05, 4.69) is 13.8 Å². The minimum absolute atomic E-state index is 0. The van der Waals surface area contributed by atoms with Crippen molar-refractivity contribution in [3.05, 3.63) is 0 Å². The maximum atomic E-state index is 10.9. The second-order valence-electron chi connectivity index (χ2n) is 6.77. The first-order valence-corrected chi connectivity index (χ1v) is 11.2. The van der Waals surface area contributed by atoms with Crippen LogP contribution in [0.25, 0.3) is 0 Å². The summed E-state index contributed by atoms with van der Waals surface area (Å²) in [5, 5.41) is 0. The van der Waals surface area contributed by atoms with Gasteiger partial charge in [0.2, 0.25) is 0 Å². The summed E-state index contributed by atoms with van der Waals surface area (Å²) in [7, 11) is -4.33. The summed E-state index contributed by atoms with van der Waals surface area (Å²) in [5.41, 5.74) is 0. The Kier molecular flexibility index (Phi) is 22.7. The summed E-state index contributed by atoms with van der Waals surface area (Å²) < 4.78 is 15.6. The summed E-state index contributed by atoms with van der Waals surface area (Å²) in [6.45, 7) is 4.63. The fraction of sp³-hybridized carbons (Fsp3) is 1.00. The van der Waals surface area contributed by atoms with Gasteiger partial charge in [0.05, 0.1) is 6.61 Å². The van der Waals surface area contributed by atoms with Crippen LogP contribution in [0.4, 0.5) is 0 Å². The van der Waals surface area contributed by atoms with Crippen LogP contribution in [0.15, 0.2) is 0 Å². The predicted molar refractivity (Wildman–Crippen MR) is 98.6 cm³/mol. The van der Waals surface area contributed by atoms with Gasteiger partial charge in [0.25, 0.3) is 0 Å². The zero-order valence-electron chi connectivity index (χ0n) is 17.3. The molecule has 0 aliphatic heterocycles. The van der Waals surface area contributed by atoms with E-state index in [9.17, 15) is 4.57 Å². The molecule has 0 saturated carbocycles. The molecule has 6 heteroatoms. The zero-order valence-corrected chi connectivity index (χ0v) is 20.4. The van der Waals surface area contributed by atoms with Gasteiger partial charge >= 0.3 is 59.2 Å². The van der Waals surface area contributed by atoms with Gasteiger partial charge in [-0.15, -0.1) is 0 Å². The van der Waals surface area contributed by atoms with Gasteiger partial charge < -0.3 is 11.2 Å². The van der Waals surface area contributed by atoms with Gasteiger partial charge in [0.1, 0.15) is 0 Å². The first-order chi connectivity index (χ1) is 11.0. The summed E-state index contributed by atoms with van der Waals surface area (Å²) >= 11 is 0. The van der Waals surface area contributed by atoms with Crippen molar-refractivity contribution < 1.29 is 71.7 Å². The van der Waals surface area contributed by atoms with Crippen molar-refractivity contribution in [1.29, 1.82) is 0 Å². The molecule has 0 aliphatic rings. The SMILES string of the molecule is CCCCCCCCCCC(CCCCCC)COP(=O)(O)O.[H-].[K+]. The van der Waals surface area contributed by atoms with Gasteiger partial charge in [-0.2, -0.15) is 0 Å². The Hall–Kier alpha value is 1.75. The van der Waals surface area contributed by atoms with Crippen LogP contribution in [-0.4, -0.2) is 16.4 Å². The van der Waals surface area contributed by atoms with Crippen molar-refractivity contribution in [2.24, 2.45) is 5.92 Å². The van der Waals surface area contributed by atoms with Crippen LogP contribution in [0.1, 0.15) is 105 Å². The molecule has 24 heavy (non-hydrogen) atoms. The van der Waals surface area contributed by atoms with Gasteiger partial charge in [-0.05, 0) is 18.8 Å². The van der Waals surface area contributed by atoms with E-state index in [1.165, 1.54) is 64.2 Å². The molecular weight excluding hydrogens is 350 g/mol. The zero-order chi connectivity index (χ0) is 17.4. The van der Waals surface area contributed by atoms with E-state index in [0.717, 1.165) is 25.7 Å². The number of unbranched alkanes of at least 4 members (excludes halogenated alkanes) is 10. The van der Waals surface area contributed by atoms with E-state index in [0.29, 0.717) is 5.92 Å². The number of hydrogen-bond acceptors (Lipinski definition) is 2. The molecule has 0 radical (unpaired) electrons. The third kappa shape index (κ3) is 21.8. The van der Waals surface area contributed by atoms with Gasteiger partial charge in [-0.1, -0.05) is 90.9 Å². The Morgan fingerprint density at radius 3 is 1.58 bits per heavy atom. The topological polar surface area (TPSA) is 66.8 Å². The molecule has 0 heterocycles. The second-order valence-corrected chi connectivity index (χ2v) is 8.00. The van der Waals surface area contributed by atoms with E-state index < -0.39 is 7.82 Å². The molecule has 0 aliphatic carbocycles. The van der Waals surface area contributed by atoms with Gasteiger partial charge in [0, 0.05) is 0 Å². The Morgan fingerprint density at radius 1 is 0.792 bits per heavy atom. The first-order valence-electron chi connectivity index (χ1n) is 9.69. The number of hydrogen-bond donors (Lipinski definition) is 2. The van der Waals surface area contributed by atoms with Crippen molar-refractivity contribution in [3.63, 3.8) is 0 Å². The van der Waals surface area contributed by atoms with E-state index in [1.807, 2.05) is 0 Å². The van der Waals surface area contributed by atoms with Gasteiger partial charge in [-0.3, -0.25) is 4.52 Å². The molecule has 2 N–H and O–H groups in total. The molecule has 0 rings (SSSR count). The Bertz CT molecular complexity index is 303. The molecule has 1 unspecified atom stereocenters. The molecule has 4 nitrogen and oxygen atoms in total. The third-order valence-electron chi connectivity index (χ3n) is 4.41. The molecule has 1 atom stereocenters. The number of phosphoric acid groups is 1. The van der Waals surface area contributed by atoms with E-state index >= 15 is 0 Å². The number of phosphoric ester groups is 1. The monoisotopic (exact) mass is 390 g/mol. The van der Waals surface area contributed by atoms with Crippen LogP contribution in [0, 0.1) is 5.92 Å². The van der Waals surface area contributed by atoms with Crippen molar-refractivity contribution >= 4 is 7.82 Å². The fourth-order valence-electron chi connectivity index (χ4n) is 2.94. The summed E-state index contributed by atoms with van der Waals surface area (Å²) in [6.07, 6.45) is 17.2. The predicted octanol–water partition coefficient (Wildman–Crippen LogP) is 3.33. The molecule has 0 aromatic carbocycles. The summed E-state index contributed by atoms with van der Waals surface area (Å²) in [6, 6.07) is 0. The Labute approximate surface area is 194 Å². The van der Waals surface area contributed by atoms with Crippen molar-refractivity contribution in [2.45, 2.75) is 104 Å². The quantitative estimate of drug-likeness (QED) is 0.227. The van der Waals surface area contributed by atoms with Crippen LogP contribution in [0.3, 0.4) is 0 Å². The maximum absolute atomic E-state index is 10.9. The van der Waals surface area contributed by atoms with Crippen LogP contribution in [0.2, 0.25) is 0 Å². The van der Waals surface area contributed by atoms with Crippen LogP contribution < -0.4 is 51.4 Å². The largest absolute Gasteiger partial charge is 1.00 e. The van der Waals surface area contributed by atoms with Crippen LogP contribution in [0.5, 0.6) is 0 Å². The minimum atomic E-state index is -4.33. The average molecular weight is 391 g/mol. The fourth-order valence-corrected chi connectivity index (χ4v) is 3.35. The standard InChI is InChI=1S/C18H39O4P.K.H/c1-3-5-7-9-10-11-12-14-16-18(15-13-8-6-4-2)17-22-23(19,20)21;;/h18H,3-17H2,1-2H3,(H2,19,20,21);;/q;+1;-1. The Morgan fingerprint density at radius 2 is 1.17 bits per heavy atom. The van der Waals surface area contributed by atoms with Crippen molar-refractivity contribution in [2.75, 3.05) is 6.61 Å². The molecular formula is C18H40KO4P. The molecule has 0 fully saturated rings. The van der Waals surface area contributed by atoms with Gasteiger partial charge in [0.15, 0.2) is 0 Å².